The molecule has 5 heteroatoms. The Morgan fingerprint density at radius 1 is 1.18 bits per heavy atom. The maximum atomic E-state index is 12.1. The van der Waals surface area contributed by atoms with Gasteiger partial charge in [-0.05, 0) is 38.5 Å². The zero-order valence-corrected chi connectivity index (χ0v) is 9.89. The average molecular weight is 251 g/mol. The van der Waals surface area contributed by atoms with Crippen LogP contribution in [0.25, 0.3) is 0 Å². The summed E-state index contributed by atoms with van der Waals surface area (Å²) in [6.45, 7) is 0. The number of rotatable bonds is 3. The van der Waals surface area contributed by atoms with E-state index >= 15 is 0 Å². The first kappa shape index (κ1) is 13.1. The van der Waals surface area contributed by atoms with Crippen LogP contribution in [0.2, 0.25) is 0 Å². The minimum Gasteiger partial charge on any atom is -0.390 e. The van der Waals surface area contributed by atoms with Crippen LogP contribution in [0.1, 0.15) is 51.4 Å². The molecule has 17 heavy (non-hydrogen) atoms. The molecule has 100 valence electrons. The summed E-state index contributed by atoms with van der Waals surface area (Å²) in [5, 5.41) is 13.8. The molecule has 0 saturated carbocycles. The van der Waals surface area contributed by atoms with Crippen LogP contribution in [0.4, 0.5) is 13.2 Å². The summed E-state index contributed by atoms with van der Waals surface area (Å²) < 4.78 is 36.2. The Kier molecular flexibility index (Phi) is 3.69. The van der Waals surface area contributed by atoms with Crippen molar-refractivity contribution >= 4 is 0 Å². The van der Waals surface area contributed by atoms with E-state index in [9.17, 15) is 18.3 Å². The van der Waals surface area contributed by atoms with E-state index in [1.54, 1.807) is 0 Å². The molecular formula is C12H20F3NO. The molecule has 2 bridgehead atoms. The van der Waals surface area contributed by atoms with Crippen LogP contribution in [-0.2, 0) is 0 Å². The molecule has 2 atom stereocenters. The molecule has 0 amide bonds. The van der Waals surface area contributed by atoms with Gasteiger partial charge in [-0.1, -0.05) is 6.42 Å². The highest BCUT2D eigenvalue weighted by molar-refractivity contribution is 4.97. The van der Waals surface area contributed by atoms with Gasteiger partial charge in [0.15, 0.2) is 0 Å². The minimum absolute atomic E-state index is 0.0411. The highest BCUT2D eigenvalue weighted by Gasteiger charge is 2.40. The predicted octanol–water partition coefficient (Wildman–Crippen LogP) is 2.75. The van der Waals surface area contributed by atoms with Crippen LogP contribution in [-0.4, -0.2) is 29.0 Å². The summed E-state index contributed by atoms with van der Waals surface area (Å²) >= 11 is 0. The molecular weight excluding hydrogens is 231 g/mol. The fraction of sp³-hybridized carbons (Fsp3) is 1.00. The zero-order valence-electron chi connectivity index (χ0n) is 9.89. The van der Waals surface area contributed by atoms with Crippen molar-refractivity contribution in [2.24, 2.45) is 0 Å². The first-order valence-electron chi connectivity index (χ1n) is 6.42. The quantitative estimate of drug-likeness (QED) is 0.808. The van der Waals surface area contributed by atoms with E-state index in [1.807, 2.05) is 0 Å². The molecule has 2 heterocycles. The van der Waals surface area contributed by atoms with E-state index in [1.165, 1.54) is 6.42 Å². The number of nitrogens with one attached hydrogen (secondary N) is 1. The van der Waals surface area contributed by atoms with Gasteiger partial charge in [0, 0.05) is 18.5 Å². The standard InChI is InChI=1S/C12H20F3NO/c13-12(14,15)6-2-5-11(17)7-9-3-1-4-10(8-11)16-9/h9-10,16-17H,1-8H2. The highest BCUT2D eigenvalue weighted by Crippen LogP contribution is 2.36. The third kappa shape index (κ3) is 3.85. The second-order valence-electron chi connectivity index (χ2n) is 5.59. The summed E-state index contributed by atoms with van der Waals surface area (Å²) in [4.78, 5) is 0. The summed E-state index contributed by atoms with van der Waals surface area (Å²) in [6.07, 6.45) is -0.0856. The van der Waals surface area contributed by atoms with Gasteiger partial charge in [0.25, 0.3) is 0 Å². The molecule has 2 aliphatic rings. The molecule has 0 aromatic rings. The largest absolute Gasteiger partial charge is 0.390 e. The van der Waals surface area contributed by atoms with E-state index in [0.29, 0.717) is 24.9 Å². The van der Waals surface area contributed by atoms with E-state index in [4.69, 9.17) is 0 Å². The summed E-state index contributed by atoms with van der Waals surface area (Å²) in [5.74, 6) is 0. The number of hydrogen-bond acceptors (Lipinski definition) is 2. The highest BCUT2D eigenvalue weighted by atomic mass is 19.4. The lowest BCUT2D eigenvalue weighted by Gasteiger charge is -2.45. The second kappa shape index (κ2) is 4.76. The Labute approximate surface area is 99.6 Å². The van der Waals surface area contributed by atoms with Crippen LogP contribution in [0.15, 0.2) is 0 Å². The van der Waals surface area contributed by atoms with Crippen molar-refractivity contribution in [2.75, 3.05) is 0 Å². The molecule has 0 aromatic heterocycles. The van der Waals surface area contributed by atoms with Crippen LogP contribution in [0, 0.1) is 0 Å². The van der Waals surface area contributed by atoms with Gasteiger partial charge in [0.1, 0.15) is 0 Å². The third-order valence-electron chi connectivity index (χ3n) is 3.93. The van der Waals surface area contributed by atoms with Crippen LogP contribution in [0.5, 0.6) is 0 Å². The van der Waals surface area contributed by atoms with E-state index < -0.39 is 18.2 Å². The fourth-order valence-corrected chi connectivity index (χ4v) is 3.26. The summed E-state index contributed by atoms with van der Waals surface area (Å²) in [7, 11) is 0. The first-order chi connectivity index (χ1) is 7.86. The van der Waals surface area contributed by atoms with Crippen molar-refractivity contribution in [1.29, 1.82) is 0 Å². The zero-order chi connectivity index (χ0) is 12.5. The Balaban J connectivity index is 1.82. The molecule has 2 fully saturated rings. The molecule has 2 nitrogen and oxygen atoms in total. The number of aliphatic hydroxyl groups is 1. The van der Waals surface area contributed by atoms with Crippen LogP contribution < -0.4 is 5.32 Å². The topological polar surface area (TPSA) is 32.3 Å². The molecule has 0 aliphatic carbocycles. The average Bonchev–Trinajstić information content (AvgIpc) is 2.13. The van der Waals surface area contributed by atoms with Gasteiger partial charge >= 0.3 is 6.18 Å². The number of fused-ring (bicyclic) bond motifs is 2. The second-order valence-corrected chi connectivity index (χ2v) is 5.59. The van der Waals surface area contributed by atoms with Crippen molar-refractivity contribution < 1.29 is 18.3 Å². The van der Waals surface area contributed by atoms with Crippen molar-refractivity contribution in [3.8, 4) is 0 Å². The van der Waals surface area contributed by atoms with Crippen molar-refractivity contribution in [1.82, 2.24) is 5.32 Å². The predicted molar refractivity (Wildman–Crippen MR) is 58.7 cm³/mol. The van der Waals surface area contributed by atoms with E-state index in [0.717, 1.165) is 12.8 Å². The number of piperidine rings is 2. The Bertz CT molecular complexity index is 255. The Hall–Kier alpha value is -0.290. The van der Waals surface area contributed by atoms with Crippen molar-refractivity contribution in [2.45, 2.75) is 75.2 Å². The number of halogens is 3. The molecule has 0 spiro atoms. The Morgan fingerprint density at radius 2 is 1.76 bits per heavy atom. The third-order valence-corrected chi connectivity index (χ3v) is 3.93. The molecule has 2 rings (SSSR count). The van der Waals surface area contributed by atoms with Gasteiger partial charge in [-0.2, -0.15) is 13.2 Å². The molecule has 2 aliphatic heterocycles. The normalized spacial score (nSPS) is 38.1. The summed E-state index contributed by atoms with van der Waals surface area (Å²) in [5.41, 5.74) is -0.869. The van der Waals surface area contributed by atoms with Gasteiger partial charge in [-0.15, -0.1) is 0 Å². The summed E-state index contributed by atoms with van der Waals surface area (Å²) in [6, 6.07) is 0.608. The molecule has 2 unspecified atom stereocenters. The Morgan fingerprint density at radius 3 is 2.29 bits per heavy atom. The molecule has 2 saturated heterocycles. The van der Waals surface area contributed by atoms with E-state index in [-0.39, 0.29) is 12.8 Å². The lowest BCUT2D eigenvalue weighted by Crippen LogP contribution is -2.55. The monoisotopic (exact) mass is 251 g/mol. The van der Waals surface area contributed by atoms with Gasteiger partial charge in [-0.25, -0.2) is 0 Å². The van der Waals surface area contributed by atoms with Gasteiger partial charge in [0.05, 0.1) is 5.60 Å². The molecule has 2 N–H and O–H groups in total. The fourth-order valence-electron chi connectivity index (χ4n) is 3.26. The van der Waals surface area contributed by atoms with Crippen molar-refractivity contribution in [3.63, 3.8) is 0 Å². The number of alkyl halides is 3. The van der Waals surface area contributed by atoms with Gasteiger partial charge < -0.3 is 10.4 Å². The van der Waals surface area contributed by atoms with Crippen molar-refractivity contribution in [3.05, 3.63) is 0 Å². The van der Waals surface area contributed by atoms with Crippen LogP contribution in [0.3, 0.4) is 0 Å². The number of hydrogen-bond donors (Lipinski definition) is 2. The minimum atomic E-state index is -4.10. The smallest absolute Gasteiger partial charge is 0.389 e. The van der Waals surface area contributed by atoms with Crippen LogP contribution >= 0.6 is 0 Å². The van der Waals surface area contributed by atoms with E-state index in [2.05, 4.69) is 5.32 Å². The van der Waals surface area contributed by atoms with Gasteiger partial charge in [-0.3, -0.25) is 0 Å². The molecule has 0 aromatic carbocycles. The molecule has 0 radical (unpaired) electrons. The first-order valence-corrected chi connectivity index (χ1v) is 6.42. The lowest BCUT2D eigenvalue weighted by molar-refractivity contribution is -0.139. The SMILES string of the molecule is OC1(CCCC(F)(F)F)CC2CCCC(C1)N2. The maximum Gasteiger partial charge on any atom is 0.389 e. The lowest BCUT2D eigenvalue weighted by atomic mass is 9.75. The van der Waals surface area contributed by atoms with Gasteiger partial charge in [0.2, 0.25) is 0 Å². The maximum absolute atomic E-state index is 12.1.